The minimum absolute atomic E-state index is 0.0909. The Hall–Kier alpha value is -2.63. The Morgan fingerprint density at radius 1 is 1.14 bits per heavy atom. The van der Waals surface area contributed by atoms with Crippen LogP contribution in [0.3, 0.4) is 0 Å². The molecule has 0 atom stereocenters. The van der Waals surface area contributed by atoms with Crippen molar-refractivity contribution >= 4 is 33.2 Å². The van der Waals surface area contributed by atoms with Crippen LogP contribution in [0.15, 0.2) is 53.7 Å². The zero-order valence-electron chi connectivity index (χ0n) is 15.0. The van der Waals surface area contributed by atoms with Gasteiger partial charge in [-0.2, -0.15) is 5.26 Å². The average molecular weight is 414 g/mol. The number of nitriles is 1. The van der Waals surface area contributed by atoms with Crippen LogP contribution in [0, 0.1) is 11.3 Å². The van der Waals surface area contributed by atoms with Gasteiger partial charge < -0.3 is 15.3 Å². The Bertz CT molecular complexity index is 871. The zero-order chi connectivity index (χ0) is 19.8. The smallest absolute Gasteiger partial charge is 0.269 e. The summed E-state index contributed by atoms with van der Waals surface area (Å²) in [6.07, 6.45) is 0.241. The number of nitrogens with one attached hydrogen (secondary N) is 1. The predicted molar refractivity (Wildman–Crippen MR) is 112 cm³/mol. The molecule has 0 aromatic heterocycles. The quantitative estimate of drug-likeness (QED) is 0.313. The van der Waals surface area contributed by atoms with Gasteiger partial charge in [-0.1, -0.05) is 51.0 Å². The molecule has 2 aromatic carbocycles. The summed E-state index contributed by atoms with van der Waals surface area (Å²) in [6, 6.07) is 16.7. The number of hydrogen-bond acceptors (Lipinski definition) is 7. The van der Waals surface area contributed by atoms with E-state index in [4.69, 9.17) is 10.00 Å². The first-order valence-electron chi connectivity index (χ1n) is 8.65. The summed E-state index contributed by atoms with van der Waals surface area (Å²) in [5.41, 5.74) is 2.53. The standard InChI is InChI=1S/C20H19N3O3S2/c21-10-15-1-3-16(4-2-15)11-26-18-7-5-14(6-8-18)9-19(23-25)20(24)22-17-12-27-28-13-17/h1-8,17,25H,9,11-13H2,(H,22,24)/b23-19+. The number of benzene rings is 2. The SMILES string of the molecule is N#Cc1ccc(COc2ccc(C/C(=N\O)C(=O)NC3CSSC3)cc2)cc1. The fourth-order valence-corrected chi connectivity index (χ4v) is 5.20. The van der Waals surface area contributed by atoms with Crippen LogP contribution < -0.4 is 10.1 Å². The summed E-state index contributed by atoms with van der Waals surface area (Å²) >= 11 is 0. The summed E-state index contributed by atoms with van der Waals surface area (Å²) in [5.74, 6) is 2.08. The van der Waals surface area contributed by atoms with E-state index in [-0.39, 0.29) is 24.1 Å². The van der Waals surface area contributed by atoms with Crippen LogP contribution in [0.1, 0.15) is 16.7 Å². The highest BCUT2D eigenvalue weighted by Gasteiger charge is 2.21. The summed E-state index contributed by atoms with van der Waals surface area (Å²) in [4.78, 5) is 12.2. The van der Waals surface area contributed by atoms with Gasteiger partial charge in [0.1, 0.15) is 18.1 Å². The number of rotatable bonds is 7. The lowest BCUT2D eigenvalue weighted by molar-refractivity contribution is -0.115. The molecule has 8 heteroatoms. The van der Waals surface area contributed by atoms with Crippen molar-refractivity contribution in [2.75, 3.05) is 11.5 Å². The molecule has 1 fully saturated rings. The van der Waals surface area contributed by atoms with Crippen LogP contribution in [0.2, 0.25) is 0 Å². The molecule has 2 aromatic rings. The molecule has 3 rings (SSSR count). The Morgan fingerprint density at radius 2 is 1.79 bits per heavy atom. The van der Waals surface area contributed by atoms with Crippen molar-refractivity contribution in [3.63, 3.8) is 0 Å². The van der Waals surface area contributed by atoms with E-state index in [0.29, 0.717) is 17.9 Å². The first-order chi connectivity index (χ1) is 13.7. The van der Waals surface area contributed by atoms with Gasteiger partial charge in [0.05, 0.1) is 11.6 Å². The Kier molecular flexibility index (Phi) is 7.23. The lowest BCUT2D eigenvalue weighted by Gasteiger charge is -2.12. The third-order valence-electron chi connectivity index (χ3n) is 4.12. The fourth-order valence-electron chi connectivity index (χ4n) is 2.56. The monoisotopic (exact) mass is 413 g/mol. The number of oxime groups is 1. The van der Waals surface area contributed by atoms with E-state index in [1.54, 1.807) is 33.7 Å². The molecular weight excluding hydrogens is 394 g/mol. The number of hydrogen-bond donors (Lipinski definition) is 2. The molecule has 1 aliphatic heterocycles. The molecule has 0 bridgehead atoms. The molecule has 1 heterocycles. The summed E-state index contributed by atoms with van der Waals surface area (Å²) in [7, 11) is 3.45. The van der Waals surface area contributed by atoms with Crippen molar-refractivity contribution in [3.05, 3.63) is 65.2 Å². The van der Waals surface area contributed by atoms with Crippen LogP contribution in [0.25, 0.3) is 0 Å². The lowest BCUT2D eigenvalue weighted by Crippen LogP contribution is -2.41. The van der Waals surface area contributed by atoms with Crippen LogP contribution in [0.5, 0.6) is 5.75 Å². The minimum atomic E-state index is -0.336. The summed E-state index contributed by atoms with van der Waals surface area (Å²) in [6.45, 7) is 0.397. The van der Waals surface area contributed by atoms with E-state index in [2.05, 4.69) is 16.5 Å². The average Bonchev–Trinajstić information content (AvgIpc) is 3.24. The molecule has 0 saturated carbocycles. The largest absolute Gasteiger partial charge is 0.489 e. The highest BCUT2D eigenvalue weighted by molar-refractivity contribution is 8.77. The van der Waals surface area contributed by atoms with Gasteiger partial charge in [-0.3, -0.25) is 4.79 Å². The number of ether oxygens (including phenoxy) is 1. The normalized spacial score (nSPS) is 14.5. The van der Waals surface area contributed by atoms with Crippen molar-refractivity contribution in [2.45, 2.75) is 19.1 Å². The van der Waals surface area contributed by atoms with Gasteiger partial charge in [0.25, 0.3) is 5.91 Å². The highest BCUT2D eigenvalue weighted by atomic mass is 33.1. The molecule has 0 unspecified atom stereocenters. The van der Waals surface area contributed by atoms with E-state index in [1.807, 2.05) is 36.4 Å². The molecular formula is C20H19N3O3S2. The maximum Gasteiger partial charge on any atom is 0.269 e. The first kappa shape index (κ1) is 20.1. The van der Waals surface area contributed by atoms with Crippen molar-refractivity contribution in [1.29, 1.82) is 5.26 Å². The van der Waals surface area contributed by atoms with Crippen molar-refractivity contribution in [2.24, 2.45) is 5.16 Å². The Labute approximate surface area is 171 Å². The Morgan fingerprint density at radius 3 is 2.39 bits per heavy atom. The highest BCUT2D eigenvalue weighted by Crippen LogP contribution is 2.30. The van der Waals surface area contributed by atoms with Crippen LogP contribution >= 0.6 is 21.6 Å². The van der Waals surface area contributed by atoms with Gasteiger partial charge in [0, 0.05) is 24.0 Å². The third kappa shape index (κ3) is 5.68. The van der Waals surface area contributed by atoms with Crippen LogP contribution in [-0.2, 0) is 17.8 Å². The summed E-state index contributed by atoms with van der Waals surface area (Å²) in [5, 5.41) is 24.1. The molecule has 0 radical (unpaired) electrons. The number of carbonyl (C=O) groups excluding carboxylic acids is 1. The van der Waals surface area contributed by atoms with Crippen molar-refractivity contribution < 1.29 is 14.7 Å². The number of amides is 1. The zero-order valence-corrected chi connectivity index (χ0v) is 16.6. The molecule has 6 nitrogen and oxygen atoms in total. The molecule has 144 valence electrons. The van der Waals surface area contributed by atoms with E-state index in [1.165, 1.54) is 0 Å². The third-order valence-corrected chi connectivity index (χ3v) is 6.68. The van der Waals surface area contributed by atoms with Gasteiger partial charge in [-0.15, -0.1) is 0 Å². The molecule has 1 amide bonds. The predicted octanol–water partition coefficient (Wildman–Crippen LogP) is 3.39. The second-order valence-corrected chi connectivity index (χ2v) is 8.76. The molecule has 1 aliphatic rings. The Balaban J connectivity index is 1.52. The van der Waals surface area contributed by atoms with Crippen molar-refractivity contribution in [1.82, 2.24) is 5.32 Å². The van der Waals surface area contributed by atoms with Gasteiger partial charge in [0.2, 0.25) is 0 Å². The van der Waals surface area contributed by atoms with Gasteiger partial charge >= 0.3 is 0 Å². The van der Waals surface area contributed by atoms with E-state index in [0.717, 1.165) is 22.6 Å². The van der Waals surface area contributed by atoms with Crippen LogP contribution in [-0.4, -0.2) is 34.4 Å². The molecule has 0 aliphatic carbocycles. The van der Waals surface area contributed by atoms with Gasteiger partial charge in [-0.25, -0.2) is 0 Å². The fraction of sp³-hybridized carbons (Fsp3) is 0.250. The number of carbonyl (C=O) groups is 1. The van der Waals surface area contributed by atoms with E-state index in [9.17, 15) is 10.0 Å². The molecule has 1 saturated heterocycles. The van der Waals surface area contributed by atoms with E-state index >= 15 is 0 Å². The maximum atomic E-state index is 12.2. The minimum Gasteiger partial charge on any atom is -0.489 e. The molecule has 0 spiro atoms. The first-order valence-corrected chi connectivity index (χ1v) is 11.1. The second kappa shape index (κ2) is 10.1. The number of nitrogens with zero attached hydrogens (tertiary/aromatic N) is 2. The topological polar surface area (TPSA) is 94.7 Å². The lowest BCUT2D eigenvalue weighted by atomic mass is 10.1. The van der Waals surface area contributed by atoms with Gasteiger partial charge in [-0.05, 0) is 35.4 Å². The van der Waals surface area contributed by atoms with Gasteiger partial charge in [0.15, 0.2) is 0 Å². The van der Waals surface area contributed by atoms with Crippen molar-refractivity contribution in [3.8, 4) is 11.8 Å². The second-order valence-electron chi connectivity index (χ2n) is 6.20. The summed E-state index contributed by atoms with van der Waals surface area (Å²) < 4.78 is 5.74. The maximum absolute atomic E-state index is 12.2. The van der Waals surface area contributed by atoms with Crippen LogP contribution in [0.4, 0.5) is 0 Å². The molecule has 28 heavy (non-hydrogen) atoms. The van der Waals surface area contributed by atoms with E-state index < -0.39 is 0 Å². The molecule has 2 N–H and O–H groups in total.